The smallest absolute Gasteiger partial charge is 0.164 e. The molecule has 0 atom stereocenters. The van der Waals surface area contributed by atoms with Gasteiger partial charge in [0.2, 0.25) is 0 Å². The third-order valence-electron chi connectivity index (χ3n) is 11.5. The molecule has 4 nitrogen and oxygen atoms in total. The summed E-state index contributed by atoms with van der Waals surface area (Å²) in [5.41, 5.74) is 11.0. The maximum Gasteiger partial charge on any atom is 0.164 e. The molecule has 0 radical (unpaired) electrons. The highest BCUT2D eigenvalue weighted by Gasteiger charge is 2.40. The highest BCUT2D eigenvalue weighted by Crippen LogP contribution is 2.59. The quantitative estimate of drug-likeness (QED) is 0.176. The molecule has 0 saturated heterocycles. The highest BCUT2D eigenvalue weighted by atomic mass is 32.1. The van der Waals surface area contributed by atoms with E-state index in [1.807, 2.05) is 35.6 Å². The van der Waals surface area contributed by atoms with E-state index in [1.165, 1.54) is 53.4 Å². The summed E-state index contributed by atoms with van der Waals surface area (Å²) in [5, 5.41) is 5.23. The average Bonchev–Trinajstić information content (AvgIpc) is 3.67. The van der Waals surface area contributed by atoms with Gasteiger partial charge in [0.15, 0.2) is 17.5 Å². The number of thiophene rings is 1. The van der Waals surface area contributed by atoms with Crippen LogP contribution in [0.15, 0.2) is 182 Å². The van der Waals surface area contributed by atoms with Crippen molar-refractivity contribution in [2.75, 3.05) is 4.90 Å². The van der Waals surface area contributed by atoms with Crippen LogP contribution in [0.3, 0.4) is 0 Å². The van der Waals surface area contributed by atoms with Crippen LogP contribution in [0.2, 0.25) is 0 Å². The molecule has 11 rings (SSSR count). The minimum Gasteiger partial charge on any atom is -0.308 e. The summed E-state index contributed by atoms with van der Waals surface area (Å²) in [6, 6.07) is 64.5. The minimum atomic E-state index is -0.237. The van der Waals surface area contributed by atoms with Gasteiger partial charge in [-0.1, -0.05) is 153 Å². The zero-order valence-corrected chi connectivity index (χ0v) is 32.3. The molecule has 0 fully saturated rings. The summed E-state index contributed by atoms with van der Waals surface area (Å²) in [6.07, 6.45) is 0. The third kappa shape index (κ3) is 5.38. The van der Waals surface area contributed by atoms with Crippen molar-refractivity contribution in [1.29, 1.82) is 0 Å². The van der Waals surface area contributed by atoms with Gasteiger partial charge in [0, 0.05) is 43.3 Å². The molecule has 5 heteroatoms. The van der Waals surface area contributed by atoms with Crippen LogP contribution in [-0.4, -0.2) is 15.0 Å². The number of aromatic nitrogens is 3. The van der Waals surface area contributed by atoms with Crippen molar-refractivity contribution in [3.8, 4) is 45.3 Å². The van der Waals surface area contributed by atoms with Crippen LogP contribution in [0.4, 0.5) is 17.1 Å². The molecule has 1 aliphatic rings. The Morgan fingerprint density at radius 2 is 1.00 bits per heavy atom. The molecule has 2 aromatic heterocycles. The van der Waals surface area contributed by atoms with Crippen LogP contribution in [-0.2, 0) is 5.41 Å². The van der Waals surface area contributed by atoms with Gasteiger partial charge in [-0.15, -0.1) is 11.3 Å². The number of nitrogens with zero attached hydrogens (tertiary/aromatic N) is 4. The Hall–Kier alpha value is -6.95. The molecule has 0 bridgehead atoms. The number of anilines is 3. The lowest BCUT2D eigenvalue weighted by atomic mass is 9.71. The van der Waals surface area contributed by atoms with Crippen LogP contribution in [0.25, 0.3) is 76.2 Å². The van der Waals surface area contributed by atoms with E-state index in [0.29, 0.717) is 17.5 Å². The fraction of sp³-hybridized carbons (Fsp3) is 0.0577. The van der Waals surface area contributed by atoms with Crippen molar-refractivity contribution in [2.24, 2.45) is 0 Å². The van der Waals surface area contributed by atoms with E-state index in [-0.39, 0.29) is 5.41 Å². The lowest BCUT2D eigenvalue weighted by Crippen LogP contribution is -2.31. The Morgan fingerprint density at radius 1 is 0.456 bits per heavy atom. The van der Waals surface area contributed by atoms with Crippen molar-refractivity contribution >= 4 is 59.3 Å². The maximum absolute atomic E-state index is 5.13. The second kappa shape index (κ2) is 13.1. The van der Waals surface area contributed by atoms with Crippen molar-refractivity contribution in [2.45, 2.75) is 19.3 Å². The Kier molecular flexibility index (Phi) is 7.66. The first-order valence-electron chi connectivity index (χ1n) is 19.4. The van der Waals surface area contributed by atoms with Crippen LogP contribution < -0.4 is 4.90 Å². The lowest BCUT2D eigenvalue weighted by Gasteiger charge is -2.43. The molecule has 0 spiro atoms. The fourth-order valence-corrected chi connectivity index (χ4v) is 10.0. The second-order valence-corrected chi connectivity index (χ2v) is 16.3. The van der Waals surface area contributed by atoms with Gasteiger partial charge < -0.3 is 4.90 Å². The molecule has 3 heterocycles. The Bertz CT molecular complexity index is 3150. The van der Waals surface area contributed by atoms with Gasteiger partial charge in [-0.3, -0.25) is 0 Å². The molecule has 0 saturated carbocycles. The van der Waals surface area contributed by atoms with E-state index in [1.54, 1.807) is 0 Å². The van der Waals surface area contributed by atoms with Gasteiger partial charge >= 0.3 is 0 Å². The number of hydrogen-bond donors (Lipinski definition) is 0. The summed E-state index contributed by atoms with van der Waals surface area (Å²) in [7, 11) is 0. The highest BCUT2D eigenvalue weighted by molar-refractivity contribution is 7.26. The average molecular weight is 749 g/mol. The summed E-state index contributed by atoms with van der Waals surface area (Å²) >= 11 is 1.89. The summed E-state index contributed by atoms with van der Waals surface area (Å²) < 4.78 is 2.61. The van der Waals surface area contributed by atoms with Crippen molar-refractivity contribution in [3.05, 3.63) is 193 Å². The van der Waals surface area contributed by atoms with Crippen LogP contribution in [0.5, 0.6) is 0 Å². The van der Waals surface area contributed by atoms with Crippen molar-refractivity contribution in [3.63, 3.8) is 0 Å². The molecule has 57 heavy (non-hydrogen) atoms. The first kappa shape index (κ1) is 33.4. The molecule has 0 amide bonds. The predicted octanol–water partition coefficient (Wildman–Crippen LogP) is 14.2. The van der Waals surface area contributed by atoms with Gasteiger partial charge in [0.25, 0.3) is 0 Å². The Morgan fingerprint density at radius 3 is 1.74 bits per heavy atom. The van der Waals surface area contributed by atoms with E-state index in [0.717, 1.165) is 33.5 Å². The van der Waals surface area contributed by atoms with E-state index >= 15 is 0 Å². The Labute approximate surface area is 335 Å². The standard InChI is InChI=1S/C52H36N4S/c1-52(2)42-25-12-13-26-43(42)56(47-46(52)40-23-10-9-22-39(40)45-41-24-11-14-27-44(41)57-48(45)47)38-30-28-35(29-31-38)50-53-49(34-18-7-4-8-19-34)54-51(55-50)37-21-15-20-36(32-37)33-16-5-3-6-17-33/h3-32H,1-2H3. The first-order valence-corrected chi connectivity index (χ1v) is 20.2. The number of fused-ring (bicyclic) bond motifs is 9. The maximum atomic E-state index is 5.13. The normalized spacial score (nSPS) is 13.2. The zero-order valence-electron chi connectivity index (χ0n) is 31.5. The van der Waals surface area contributed by atoms with Gasteiger partial charge in [-0.25, -0.2) is 15.0 Å². The van der Waals surface area contributed by atoms with Crippen LogP contribution >= 0.6 is 11.3 Å². The number of benzene rings is 8. The van der Waals surface area contributed by atoms with E-state index in [4.69, 9.17) is 15.0 Å². The molecule has 8 aromatic carbocycles. The molecule has 270 valence electrons. The van der Waals surface area contributed by atoms with Gasteiger partial charge in [0.05, 0.1) is 16.1 Å². The molecule has 0 aliphatic carbocycles. The number of hydrogen-bond acceptors (Lipinski definition) is 5. The van der Waals surface area contributed by atoms with E-state index in [2.05, 4.69) is 176 Å². The van der Waals surface area contributed by atoms with Gasteiger partial charge in [0.1, 0.15) is 0 Å². The lowest BCUT2D eigenvalue weighted by molar-refractivity contribution is 0.639. The van der Waals surface area contributed by atoms with Gasteiger partial charge in [-0.05, 0) is 75.5 Å². The molecule has 10 aromatic rings. The van der Waals surface area contributed by atoms with Crippen molar-refractivity contribution in [1.82, 2.24) is 15.0 Å². The van der Waals surface area contributed by atoms with Crippen molar-refractivity contribution < 1.29 is 0 Å². The SMILES string of the molecule is CC1(C)c2ccccc2N(c2ccc(-c3nc(-c4ccccc4)nc(-c4cccc(-c5ccccc5)c4)n3)cc2)c2c1c1ccccc1c1c2sc2ccccc21. The third-order valence-corrected chi connectivity index (χ3v) is 12.6. The zero-order chi connectivity index (χ0) is 38.1. The van der Waals surface area contributed by atoms with Crippen LogP contribution in [0.1, 0.15) is 25.0 Å². The molecule has 1 aliphatic heterocycles. The van der Waals surface area contributed by atoms with Crippen LogP contribution in [0, 0.1) is 0 Å². The predicted molar refractivity (Wildman–Crippen MR) is 239 cm³/mol. The second-order valence-electron chi connectivity index (χ2n) is 15.2. The fourth-order valence-electron chi connectivity index (χ4n) is 8.78. The monoisotopic (exact) mass is 748 g/mol. The number of rotatable bonds is 5. The topological polar surface area (TPSA) is 41.9 Å². The summed E-state index contributed by atoms with van der Waals surface area (Å²) in [4.78, 5) is 17.7. The molecular formula is C52H36N4S. The van der Waals surface area contributed by atoms with E-state index < -0.39 is 0 Å². The van der Waals surface area contributed by atoms with E-state index in [9.17, 15) is 0 Å². The largest absolute Gasteiger partial charge is 0.308 e. The Balaban J connectivity index is 1.10. The molecular weight excluding hydrogens is 713 g/mol. The van der Waals surface area contributed by atoms with Gasteiger partial charge in [-0.2, -0.15) is 0 Å². The summed E-state index contributed by atoms with van der Waals surface area (Å²) in [6.45, 7) is 4.77. The molecule has 0 unspecified atom stereocenters. The first-order chi connectivity index (χ1) is 28.0. The number of para-hydroxylation sites is 1. The minimum absolute atomic E-state index is 0.237. The summed E-state index contributed by atoms with van der Waals surface area (Å²) in [5.74, 6) is 1.92. The molecule has 0 N–H and O–H groups in total.